The van der Waals surface area contributed by atoms with Gasteiger partial charge in [0.05, 0.1) is 18.2 Å². The van der Waals surface area contributed by atoms with Gasteiger partial charge in [0, 0.05) is 11.6 Å². The number of carbonyl (C=O) groups is 2. The first-order chi connectivity index (χ1) is 10.6. The number of esters is 1. The summed E-state index contributed by atoms with van der Waals surface area (Å²) in [4.78, 5) is 28.5. The number of rotatable bonds is 5. The van der Waals surface area contributed by atoms with Crippen LogP contribution in [0, 0.1) is 5.92 Å². The van der Waals surface area contributed by atoms with E-state index in [1.165, 1.54) is 13.3 Å². The van der Waals surface area contributed by atoms with Gasteiger partial charge in [-0.1, -0.05) is 38.5 Å². The summed E-state index contributed by atoms with van der Waals surface area (Å²) in [5.74, 6) is -0.768. The second-order valence-electron chi connectivity index (χ2n) is 5.28. The largest absolute Gasteiger partial charge is 0.467 e. The number of amides is 1. The summed E-state index contributed by atoms with van der Waals surface area (Å²) in [6, 6.07) is 8.67. The number of hydrogen-bond acceptors (Lipinski definition) is 4. The van der Waals surface area contributed by atoms with Crippen molar-refractivity contribution < 1.29 is 14.3 Å². The first-order valence-electron chi connectivity index (χ1n) is 7.30. The molecule has 2 aromatic rings. The minimum Gasteiger partial charge on any atom is -0.467 e. The summed E-state index contributed by atoms with van der Waals surface area (Å²) >= 11 is 0. The van der Waals surface area contributed by atoms with E-state index >= 15 is 0 Å². The fourth-order valence-electron chi connectivity index (χ4n) is 2.22. The molecule has 5 nitrogen and oxygen atoms in total. The van der Waals surface area contributed by atoms with E-state index in [9.17, 15) is 9.59 Å². The lowest BCUT2D eigenvalue weighted by Gasteiger charge is -2.21. The zero-order valence-corrected chi connectivity index (χ0v) is 13.0. The summed E-state index contributed by atoms with van der Waals surface area (Å²) in [5, 5.41) is 3.63. The van der Waals surface area contributed by atoms with E-state index < -0.39 is 12.0 Å². The Hall–Kier alpha value is -2.43. The molecule has 0 saturated carbocycles. The highest BCUT2D eigenvalue weighted by atomic mass is 16.5. The van der Waals surface area contributed by atoms with Crippen molar-refractivity contribution in [3.63, 3.8) is 0 Å². The third-order valence-electron chi connectivity index (χ3n) is 3.81. The van der Waals surface area contributed by atoms with Crippen LogP contribution in [-0.2, 0) is 9.53 Å². The smallest absolute Gasteiger partial charge is 0.328 e. The van der Waals surface area contributed by atoms with Gasteiger partial charge in [0.15, 0.2) is 0 Å². The van der Waals surface area contributed by atoms with E-state index in [-0.39, 0.29) is 11.8 Å². The van der Waals surface area contributed by atoms with Crippen molar-refractivity contribution in [3.8, 4) is 0 Å². The first kappa shape index (κ1) is 15.9. The van der Waals surface area contributed by atoms with Crippen molar-refractivity contribution in [3.05, 3.63) is 42.1 Å². The molecule has 0 fully saturated rings. The van der Waals surface area contributed by atoms with Gasteiger partial charge >= 0.3 is 5.97 Å². The third-order valence-corrected chi connectivity index (χ3v) is 3.81. The monoisotopic (exact) mass is 300 g/mol. The van der Waals surface area contributed by atoms with Crippen molar-refractivity contribution in [2.45, 2.75) is 26.3 Å². The summed E-state index contributed by atoms with van der Waals surface area (Å²) in [5.41, 5.74) is 1.25. The second kappa shape index (κ2) is 7.02. The molecule has 5 heteroatoms. The SMILES string of the molecule is CC[C@H](C)[C@H](NC(=O)c1cnc2ccccc2c1)C(=O)OC. The van der Waals surface area contributed by atoms with Crippen molar-refractivity contribution in [2.75, 3.05) is 7.11 Å². The van der Waals surface area contributed by atoms with Crippen LogP contribution in [0.15, 0.2) is 36.5 Å². The maximum absolute atomic E-state index is 12.4. The molecule has 0 unspecified atom stereocenters. The number of hydrogen-bond donors (Lipinski definition) is 1. The highest BCUT2D eigenvalue weighted by Gasteiger charge is 2.27. The number of fused-ring (bicyclic) bond motifs is 1. The quantitative estimate of drug-likeness (QED) is 0.862. The number of pyridine rings is 1. The average Bonchev–Trinajstić information content (AvgIpc) is 2.57. The lowest BCUT2D eigenvalue weighted by Crippen LogP contribution is -2.45. The number of para-hydroxylation sites is 1. The zero-order valence-electron chi connectivity index (χ0n) is 13.0. The summed E-state index contributed by atoms with van der Waals surface area (Å²) in [6.07, 6.45) is 2.28. The molecule has 116 valence electrons. The number of benzene rings is 1. The highest BCUT2D eigenvalue weighted by molar-refractivity contribution is 5.99. The van der Waals surface area contributed by atoms with Crippen LogP contribution in [-0.4, -0.2) is 30.0 Å². The molecule has 0 aliphatic heterocycles. The molecular formula is C17H20N2O3. The predicted molar refractivity (Wildman–Crippen MR) is 84.5 cm³/mol. The molecule has 1 aromatic heterocycles. The lowest BCUT2D eigenvalue weighted by molar-refractivity contribution is -0.144. The number of methoxy groups -OCH3 is 1. The fourth-order valence-corrected chi connectivity index (χ4v) is 2.22. The normalized spacial score (nSPS) is 13.4. The lowest BCUT2D eigenvalue weighted by atomic mass is 9.99. The Morgan fingerprint density at radius 1 is 1.32 bits per heavy atom. The maximum atomic E-state index is 12.4. The summed E-state index contributed by atoms with van der Waals surface area (Å²) < 4.78 is 4.77. The van der Waals surface area contributed by atoms with Gasteiger partial charge < -0.3 is 10.1 Å². The van der Waals surface area contributed by atoms with Crippen molar-refractivity contribution in [2.24, 2.45) is 5.92 Å². The molecule has 1 heterocycles. The molecular weight excluding hydrogens is 280 g/mol. The summed E-state index contributed by atoms with van der Waals surface area (Å²) in [6.45, 7) is 3.87. The van der Waals surface area contributed by atoms with Crippen LogP contribution in [0.3, 0.4) is 0 Å². The highest BCUT2D eigenvalue weighted by Crippen LogP contribution is 2.14. The van der Waals surface area contributed by atoms with Crippen LogP contribution in [0.1, 0.15) is 30.6 Å². The van der Waals surface area contributed by atoms with Gasteiger partial charge in [-0.25, -0.2) is 4.79 Å². The van der Waals surface area contributed by atoms with E-state index in [1.54, 1.807) is 6.07 Å². The van der Waals surface area contributed by atoms with Crippen molar-refractivity contribution in [1.82, 2.24) is 10.3 Å². The van der Waals surface area contributed by atoms with Crippen LogP contribution in [0.5, 0.6) is 0 Å². The third kappa shape index (κ3) is 3.42. The van der Waals surface area contributed by atoms with Crippen molar-refractivity contribution >= 4 is 22.8 Å². The molecule has 1 aromatic carbocycles. The molecule has 2 rings (SSSR count). The molecule has 1 amide bonds. The number of nitrogens with one attached hydrogen (secondary N) is 1. The van der Waals surface area contributed by atoms with Crippen LogP contribution < -0.4 is 5.32 Å². The Bertz CT molecular complexity index is 684. The van der Waals surface area contributed by atoms with E-state index in [1.807, 2.05) is 38.1 Å². The first-order valence-corrected chi connectivity index (χ1v) is 7.30. The molecule has 0 aliphatic carbocycles. The minimum absolute atomic E-state index is 0.00943. The fraction of sp³-hybridized carbons (Fsp3) is 0.353. The minimum atomic E-state index is -0.658. The molecule has 22 heavy (non-hydrogen) atoms. The molecule has 0 radical (unpaired) electrons. The Balaban J connectivity index is 2.22. The Morgan fingerprint density at radius 2 is 2.05 bits per heavy atom. The molecule has 1 N–H and O–H groups in total. The maximum Gasteiger partial charge on any atom is 0.328 e. The second-order valence-corrected chi connectivity index (χ2v) is 5.28. The Labute approximate surface area is 129 Å². The van der Waals surface area contributed by atoms with E-state index in [0.29, 0.717) is 5.56 Å². The standard InChI is InChI=1S/C17H20N2O3/c1-4-11(2)15(17(21)22-3)19-16(20)13-9-12-7-5-6-8-14(12)18-10-13/h5-11,15H,4H2,1-3H3,(H,19,20)/t11-,15-/m0/s1. The van der Waals surface area contributed by atoms with Gasteiger partial charge in [0.25, 0.3) is 5.91 Å². The molecule has 0 spiro atoms. The molecule has 0 bridgehead atoms. The average molecular weight is 300 g/mol. The van der Waals surface area contributed by atoms with Gasteiger partial charge in [0.1, 0.15) is 6.04 Å². The van der Waals surface area contributed by atoms with Gasteiger partial charge in [-0.15, -0.1) is 0 Å². The summed E-state index contributed by atoms with van der Waals surface area (Å²) in [7, 11) is 1.32. The van der Waals surface area contributed by atoms with E-state index in [2.05, 4.69) is 10.3 Å². The number of carbonyl (C=O) groups excluding carboxylic acids is 2. The topological polar surface area (TPSA) is 68.3 Å². The predicted octanol–water partition coefficient (Wildman–Crippen LogP) is 2.55. The van der Waals surface area contributed by atoms with Gasteiger partial charge in [-0.05, 0) is 18.1 Å². The zero-order chi connectivity index (χ0) is 16.1. The van der Waals surface area contributed by atoms with Gasteiger partial charge in [-0.3, -0.25) is 9.78 Å². The number of ether oxygens (including phenoxy) is 1. The Kier molecular flexibility index (Phi) is 5.09. The van der Waals surface area contributed by atoms with Crippen molar-refractivity contribution in [1.29, 1.82) is 0 Å². The van der Waals surface area contributed by atoms with E-state index in [0.717, 1.165) is 17.3 Å². The van der Waals surface area contributed by atoms with Crippen LogP contribution in [0.2, 0.25) is 0 Å². The molecule has 0 aliphatic rings. The molecule has 2 atom stereocenters. The number of aromatic nitrogens is 1. The van der Waals surface area contributed by atoms with Crippen LogP contribution in [0.25, 0.3) is 10.9 Å². The molecule has 0 saturated heterocycles. The van der Waals surface area contributed by atoms with E-state index in [4.69, 9.17) is 4.74 Å². The van der Waals surface area contributed by atoms with Gasteiger partial charge in [-0.2, -0.15) is 0 Å². The van der Waals surface area contributed by atoms with Gasteiger partial charge in [0.2, 0.25) is 0 Å². The van der Waals surface area contributed by atoms with Crippen LogP contribution in [0.4, 0.5) is 0 Å². The number of nitrogens with zero attached hydrogens (tertiary/aromatic N) is 1. The Morgan fingerprint density at radius 3 is 2.73 bits per heavy atom. The van der Waals surface area contributed by atoms with Crippen LogP contribution >= 0.6 is 0 Å².